The van der Waals surface area contributed by atoms with E-state index in [1.54, 1.807) is 11.3 Å². The molecule has 0 aliphatic carbocycles. The Morgan fingerprint density at radius 2 is 2.50 bits per heavy atom. The van der Waals surface area contributed by atoms with E-state index in [1.807, 2.05) is 24.4 Å². The summed E-state index contributed by atoms with van der Waals surface area (Å²) in [6, 6.07) is 3.66. The molecular formula is C9H11N3OS. The van der Waals surface area contributed by atoms with E-state index >= 15 is 0 Å². The number of nitrogens with two attached hydrogens (primary N) is 1. The fourth-order valence-corrected chi connectivity index (χ4v) is 1.86. The lowest BCUT2D eigenvalue weighted by molar-refractivity contribution is 0.375. The van der Waals surface area contributed by atoms with Crippen molar-refractivity contribution in [3.05, 3.63) is 34.1 Å². The molecule has 14 heavy (non-hydrogen) atoms. The number of thiophene rings is 1. The van der Waals surface area contributed by atoms with E-state index in [4.69, 9.17) is 10.3 Å². The van der Waals surface area contributed by atoms with Crippen molar-refractivity contribution in [2.75, 3.05) is 0 Å². The molecule has 0 spiro atoms. The fraction of sp³-hybridized carbons (Fsp3) is 0.333. The second-order valence-corrected chi connectivity index (χ2v) is 3.87. The highest BCUT2D eigenvalue weighted by molar-refractivity contribution is 7.10. The Bertz CT molecular complexity index is 396. The van der Waals surface area contributed by atoms with Crippen LogP contribution in [0.15, 0.2) is 22.0 Å². The summed E-state index contributed by atoms with van der Waals surface area (Å²) in [5.41, 5.74) is 5.95. The Hall–Kier alpha value is -1.20. The van der Waals surface area contributed by atoms with Crippen LogP contribution in [0.25, 0.3) is 0 Å². The monoisotopic (exact) mass is 209 g/mol. The summed E-state index contributed by atoms with van der Waals surface area (Å²) in [6.45, 7) is 1.97. The van der Waals surface area contributed by atoms with E-state index in [1.165, 1.54) is 0 Å². The van der Waals surface area contributed by atoms with Crippen molar-refractivity contribution in [2.45, 2.75) is 19.4 Å². The molecule has 0 aromatic carbocycles. The summed E-state index contributed by atoms with van der Waals surface area (Å²) < 4.78 is 5.00. The van der Waals surface area contributed by atoms with Gasteiger partial charge in [0.05, 0.1) is 0 Å². The molecule has 2 aromatic heterocycles. The third-order valence-electron chi connectivity index (χ3n) is 1.91. The molecule has 0 fully saturated rings. The number of rotatable bonds is 3. The predicted octanol–water partition coefficient (Wildman–Crippen LogP) is 1.74. The zero-order valence-electron chi connectivity index (χ0n) is 7.80. The van der Waals surface area contributed by atoms with E-state index in [-0.39, 0.29) is 6.04 Å². The van der Waals surface area contributed by atoms with Gasteiger partial charge in [0.1, 0.15) is 6.04 Å². The largest absolute Gasteiger partial charge is 0.339 e. The van der Waals surface area contributed by atoms with Crippen LogP contribution in [0.1, 0.15) is 29.6 Å². The molecule has 5 heteroatoms. The lowest BCUT2D eigenvalue weighted by atomic mass is 10.2. The highest BCUT2D eigenvalue weighted by Crippen LogP contribution is 2.21. The molecule has 1 unspecified atom stereocenters. The molecule has 0 saturated carbocycles. The zero-order chi connectivity index (χ0) is 9.97. The Morgan fingerprint density at radius 1 is 1.64 bits per heavy atom. The number of aromatic nitrogens is 2. The van der Waals surface area contributed by atoms with Gasteiger partial charge in [0.2, 0.25) is 5.89 Å². The second-order valence-electron chi connectivity index (χ2n) is 2.89. The molecule has 0 radical (unpaired) electrons. The second kappa shape index (κ2) is 3.89. The maximum absolute atomic E-state index is 5.95. The van der Waals surface area contributed by atoms with Gasteiger partial charge < -0.3 is 10.3 Å². The van der Waals surface area contributed by atoms with Crippen LogP contribution in [-0.4, -0.2) is 10.1 Å². The third kappa shape index (κ3) is 1.69. The number of hydrogen-bond acceptors (Lipinski definition) is 5. The highest BCUT2D eigenvalue weighted by atomic mass is 32.1. The van der Waals surface area contributed by atoms with Gasteiger partial charge in [0, 0.05) is 11.3 Å². The third-order valence-corrected chi connectivity index (χ3v) is 2.87. The van der Waals surface area contributed by atoms with Crippen LogP contribution in [0.5, 0.6) is 0 Å². The van der Waals surface area contributed by atoms with Crippen molar-refractivity contribution in [3.8, 4) is 0 Å². The molecule has 4 nitrogen and oxygen atoms in total. The van der Waals surface area contributed by atoms with Crippen LogP contribution in [0, 0.1) is 0 Å². The van der Waals surface area contributed by atoms with Crippen molar-refractivity contribution in [1.29, 1.82) is 0 Å². The first kappa shape index (κ1) is 9.36. The smallest absolute Gasteiger partial charge is 0.226 e. The number of nitrogens with zero attached hydrogens (tertiary/aromatic N) is 2. The molecular weight excluding hydrogens is 198 g/mol. The van der Waals surface area contributed by atoms with Gasteiger partial charge in [-0.15, -0.1) is 11.3 Å². The van der Waals surface area contributed by atoms with E-state index < -0.39 is 0 Å². The molecule has 0 aliphatic heterocycles. The first-order valence-corrected chi connectivity index (χ1v) is 5.30. The maximum atomic E-state index is 5.95. The standard InChI is InChI=1S/C9H11N3OS/c1-2-7-11-9(12-13-7)8(10)6-4-3-5-14-6/h3-5,8H,2,10H2,1H3. The molecule has 0 amide bonds. The Morgan fingerprint density at radius 3 is 3.07 bits per heavy atom. The molecule has 0 saturated heterocycles. The summed E-state index contributed by atoms with van der Waals surface area (Å²) in [5, 5.41) is 5.82. The Kier molecular flexibility index (Phi) is 2.60. The first-order chi connectivity index (χ1) is 6.81. The van der Waals surface area contributed by atoms with E-state index in [2.05, 4.69) is 10.1 Å². The molecule has 74 valence electrons. The molecule has 2 aromatic rings. The zero-order valence-corrected chi connectivity index (χ0v) is 8.62. The van der Waals surface area contributed by atoms with Crippen molar-refractivity contribution in [3.63, 3.8) is 0 Å². The quantitative estimate of drug-likeness (QED) is 0.836. The Balaban J connectivity index is 2.23. The summed E-state index contributed by atoms with van der Waals surface area (Å²) >= 11 is 1.60. The molecule has 1 atom stereocenters. The van der Waals surface area contributed by atoms with Crippen molar-refractivity contribution in [2.24, 2.45) is 5.73 Å². The maximum Gasteiger partial charge on any atom is 0.226 e. The predicted molar refractivity (Wildman–Crippen MR) is 54.0 cm³/mol. The van der Waals surface area contributed by atoms with Crippen LogP contribution in [0.4, 0.5) is 0 Å². The SMILES string of the molecule is CCc1nc(C(N)c2cccs2)no1. The van der Waals surface area contributed by atoms with Crippen LogP contribution in [0.3, 0.4) is 0 Å². The van der Waals surface area contributed by atoms with Gasteiger partial charge in [-0.2, -0.15) is 4.98 Å². The molecule has 2 rings (SSSR count). The van der Waals surface area contributed by atoms with Crippen LogP contribution < -0.4 is 5.73 Å². The average molecular weight is 209 g/mol. The molecule has 0 bridgehead atoms. The molecule has 0 aliphatic rings. The van der Waals surface area contributed by atoms with Gasteiger partial charge in [-0.25, -0.2) is 0 Å². The van der Waals surface area contributed by atoms with Crippen molar-refractivity contribution >= 4 is 11.3 Å². The van der Waals surface area contributed by atoms with Crippen molar-refractivity contribution < 1.29 is 4.52 Å². The van der Waals surface area contributed by atoms with Gasteiger partial charge >= 0.3 is 0 Å². The number of hydrogen-bond donors (Lipinski definition) is 1. The highest BCUT2D eigenvalue weighted by Gasteiger charge is 2.15. The van der Waals surface area contributed by atoms with E-state index in [9.17, 15) is 0 Å². The first-order valence-electron chi connectivity index (χ1n) is 4.42. The number of aryl methyl sites for hydroxylation is 1. The summed E-state index contributed by atoms with van der Waals surface area (Å²) in [5.74, 6) is 1.19. The van der Waals surface area contributed by atoms with Crippen molar-refractivity contribution in [1.82, 2.24) is 10.1 Å². The lowest BCUT2D eigenvalue weighted by Crippen LogP contribution is -2.11. The van der Waals surface area contributed by atoms with Crippen LogP contribution in [-0.2, 0) is 6.42 Å². The minimum Gasteiger partial charge on any atom is -0.339 e. The lowest BCUT2D eigenvalue weighted by Gasteiger charge is -2.01. The minimum absolute atomic E-state index is 0.265. The van der Waals surface area contributed by atoms with E-state index in [0.717, 1.165) is 11.3 Å². The van der Waals surface area contributed by atoms with Crippen LogP contribution in [0.2, 0.25) is 0 Å². The topological polar surface area (TPSA) is 64.9 Å². The van der Waals surface area contributed by atoms with Gasteiger partial charge in [-0.3, -0.25) is 0 Å². The Labute approximate surface area is 85.7 Å². The van der Waals surface area contributed by atoms with E-state index in [0.29, 0.717) is 11.7 Å². The molecule has 2 N–H and O–H groups in total. The minimum atomic E-state index is -0.265. The summed E-state index contributed by atoms with van der Waals surface area (Å²) in [7, 11) is 0. The fourth-order valence-electron chi connectivity index (χ4n) is 1.13. The van der Waals surface area contributed by atoms with Gasteiger partial charge in [0.15, 0.2) is 5.82 Å². The average Bonchev–Trinajstić information content (AvgIpc) is 2.88. The summed E-state index contributed by atoms with van der Waals surface area (Å²) in [4.78, 5) is 5.24. The normalized spacial score (nSPS) is 13.0. The summed E-state index contributed by atoms with van der Waals surface area (Å²) in [6.07, 6.45) is 0.740. The van der Waals surface area contributed by atoms with Gasteiger partial charge in [-0.05, 0) is 11.4 Å². The van der Waals surface area contributed by atoms with Gasteiger partial charge in [0.25, 0.3) is 0 Å². The molecule has 2 heterocycles. The van der Waals surface area contributed by atoms with Gasteiger partial charge in [-0.1, -0.05) is 18.1 Å². The van der Waals surface area contributed by atoms with Crippen LogP contribution >= 0.6 is 11.3 Å².